The van der Waals surface area contributed by atoms with E-state index in [0.29, 0.717) is 24.5 Å². The molecule has 0 atom stereocenters. The first-order chi connectivity index (χ1) is 15.3. The monoisotopic (exact) mass is 430 g/mol. The summed E-state index contributed by atoms with van der Waals surface area (Å²) >= 11 is 1.57. The van der Waals surface area contributed by atoms with Crippen molar-refractivity contribution >= 4 is 28.6 Å². The first-order valence-electron chi connectivity index (χ1n) is 10.2. The lowest BCUT2D eigenvalue weighted by Crippen LogP contribution is -2.36. The highest BCUT2D eigenvalue weighted by Gasteiger charge is 2.21. The maximum absolute atomic E-state index is 13.4. The minimum absolute atomic E-state index is 0.175. The minimum atomic E-state index is -0.175. The molecule has 4 aromatic rings. The predicted octanol–water partition coefficient (Wildman–Crippen LogP) is 4.69. The second kappa shape index (κ2) is 8.75. The lowest BCUT2D eigenvalue weighted by molar-refractivity contribution is 0.102. The van der Waals surface area contributed by atoms with Crippen molar-refractivity contribution < 1.29 is 9.53 Å². The van der Waals surface area contributed by atoms with Crippen LogP contribution in [0.1, 0.15) is 10.4 Å². The third-order valence-corrected chi connectivity index (χ3v) is 6.11. The molecule has 31 heavy (non-hydrogen) atoms. The summed E-state index contributed by atoms with van der Waals surface area (Å²) in [7, 11) is 0. The number of thiophene rings is 1. The second-order valence-electron chi connectivity index (χ2n) is 7.22. The van der Waals surface area contributed by atoms with Gasteiger partial charge in [-0.05, 0) is 35.7 Å². The zero-order valence-electron chi connectivity index (χ0n) is 16.9. The van der Waals surface area contributed by atoms with Crippen molar-refractivity contribution in [2.75, 3.05) is 36.5 Å². The van der Waals surface area contributed by atoms with Crippen molar-refractivity contribution in [3.63, 3.8) is 0 Å². The van der Waals surface area contributed by atoms with E-state index < -0.39 is 0 Å². The molecule has 3 heterocycles. The van der Waals surface area contributed by atoms with E-state index in [1.807, 2.05) is 72.1 Å². The van der Waals surface area contributed by atoms with Crippen molar-refractivity contribution in [2.45, 2.75) is 0 Å². The number of aromatic nitrogens is 2. The average molecular weight is 431 g/mol. The number of amides is 1. The van der Waals surface area contributed by atoms with Crippen LogP contribution in [0.4, 0.5) is 11.4 Å². The smallest absolute Gasteiger partial charge is 0.259 e. The molecule has 0 spiro atoms. The molecule has 2 aromatic heterocycles. The van der Waals surface area contributed by atoms with Gasteiger partial charge >= 0.3 is 0 Å². The summed E-state index contributed by atoms with van der Waals surface area (Å²) in [6, 6.07) is 21.7. The Bertz CT molecular complexity index is 1170. The maximum atomic E-state index is 13.4. The third-order valence-electron chi connectivity index (χ3n) is 5.24. The van der Waals surface area contributed by atoms with Crippen molar-refractivity contribution in [3.05, 3.63) is 83.9 Å². The van der Waals surface area contributed by atoms with Crippen LogP contribution in [0.5, 0.6) is 0 Å². The third kappa shape index (κ3) is 4.10. The number of nitrogens with zero attached hydrogens (tertiary/aromatic N) is 3. The van der Waals surface area contributed by atoms with Gasteiger partial charge in [-0.1, -0.05) is 36.4 Å². The van der Waals surface area contributed by atoms with Gasteiger partial charge in [-0.3, -0.25) is 4.79 Å². The van der Waals surface area contributed by atoms with E-state index in [1.165, 1.54) is 0 Å². The number of hydrogen-bond donors (Lipinski definition) is 1. The van der Waals surface area contributed by atoms with E-state index in [1.54, 1.807) is 22.2 Å². The molecule has 0 bridgehead atoms. The number of nitrogens with one attached hydrogen (secondary N) is 1. The Morgan fingerprint density at radius 1 is 0.968 bits per heavy atom. The van der Waals surface area contributed by atoms with E-state index in [-0.39, 0.29) is 5.91 Å². The SMILES string of the molecule is O=C(Nc1ccccc1N1CCOCC1)c1cn(-c2ccccc2)nc1-c1cccs1. The van der Waals surface area contributed by atoms with E-state index in [9.17, 15) is 4.79 Å². The molecule has 5 rings (SSSR count). The normalized spacial score (nSPS) is 13.9. The fraction of sp³-hybridized carbons (Fsp3) is 0.167. The van der Waals surface area contributed by atoms with Crippen molar-refractivity contribution in [2.24, 2.45) is 0 Å². The molecular formula is C24H22N4O2S. The number of para-hydroxylation sites is 3. The second-order valence-corrected chi connectivity index (χ2v) is 8.17. The van der Waals surface area contributed by atoms with Crippen molar-refractivity contribution in [1.82, 2.24) is 9.78 Å². The van der Waals surface area contributed by atoms with Gasteiger partial charge in [-0.15, -0.1) is 11.3 Å². The molecule has 1 saturated heterocycles. The summed E-state index contributed by atoms with van der Waals surface area (Å²) in [6.45, 7) is 2.99. The summed E-state index contributed by atoms with van der Waals surface area (Å²) in [5.74, 6) is -0.175. The molecule has 0 aliphatic carbocycles. The number of benzene rings is 2. The fourth-order valence-electron chi connectivity index (χ4n) is 3.70. The van der Waals surface area contributed by atoms with Gasteiger partial charge in [0, 0.05) is 19.3 Å². The molecule has 1 amide bonds. The van der Waals surface area contributed by atoms with Crippen LogP contribution in [0.15, 0.2) is 78.3 Å². The molecule has 1 aliphatic rings. The highest BCUT2D eigenvalue weighted by atomic mass is 32.1. The van der Waals surface area contributed by atoms with E-state index >= 15 is 0 Å². The first-order valence-corrected chi connectivity index (χ1v) is 11.1. The predicted molar refractivity (Wildman–Crippen MR) is 124 cm³/mol. The fourth-order valence-corrected chi connectivity index (χ4v) is 4.42. The average Bonchev–Trinajstić information content (AvgIpc) is 3.51. The number of carbonyl (C=O) groups is 1. The Labute approximate surface area is 184 Å². The molecule has 1 fully saturated rings. The van der Waals surface area contributed by atoms with Crippen LogP contribution in [0, 0.1) is 0 Å². The molecule has 1 N–H and O–H groups in total. The zero-order chi connectivity index (χ0) is 21.0. The van der Waals surface area contributed by atoms with E-state index in [2.05, 4.69) is 10.2 Å². The molecule has 0 unspecified atom stereocenters. The van der Waals surface area contributed by atoms with Crippen molar-refractivity contribution in [3.8, 4) is 16.3 Å². The number of morpholine rings is 1. The summed E-state index contributed by atoms with van der Waals surface area (Å²) in [5, 5.41) is 9.85. The Balaban J connectivity index is 1.49. The highest BCUT2D eigenvalue weighted by Crippen LogP contribution is 2.30. The number of rotatable bonds is 5. The number of anilines is 2. The van der Waals surface area contributed by atoms with Gasteiger partial charge in [0.1, 0.15) is 5.69 Å². The molecule has 6 nitrogen and oxygen atoms in total. The minimum Gasteiger partial charge on any atom is -0.378 e. The number of hydrogen-bond acceptors (Lipinski definition) is 5. The summed E-state index contributed by atoms with van der Waals surface area (Å²) in [4.78, 5) is 16.6. The van der Waals surface area contributed by atoms with Gasteiger partial charge in [-0.2, -0.15) is 5.10 Å². The number of carbonyl (C=O) groups excluding carboxylic acids is 1. The molecule has 0 saturated carbocycles. The van der Waals surface area contributed by atoms with Crippen molar-refractivity contribution in [1.29, 1.82) is 0 Å². The molecule has 156 valence electrons. The van der Waals surface area contributed by atoms with Gasteiger partial charge in [-0.25, -0.2) is 4.68 Å². The Morgan fingerprint density at radius 2 is 1.74 bits per heavy atom. The molecular weight excluding hydrogens is 408 g/mol. The van der Waals surface area contributed by atoms with Gasteiger partial charge in [0.05, 0.1) is 40.7 Å². The largest absolute Gasteiger partial charge is 0.378 e. The standard InChI is InChI=1S/C24H22N4O2S/c29-24(25-20-9-4-5-10-21(20)27-12-14-30-15-13-27)19-17-28(18-7-2-1-3-8-18)26-23(19)22-11-6-16-31-22/h1-11,16-17H,12-15H2,(H,25,29). The Morgan fingerprint density at radius 3 is 2.52 bits per heavy atom. The van der Waals surface area contributed by atoms with Crippen LogP contribution >= 0.6 is 11.3 Å². The van der Waals surface area contributed by atoms with Crippen LogP contribution in [0.3, 0.4) is 0 Å². The van der Waals surface area contributed by atoms with E-state index in [4.69, 9.17) is 9.84 Å². The lowest BCUT2D eigenvalue weighted by atomic mass is 10.2. The van der Waals surface area contributed by atoms with Crippen LogP contribution in [-0.4, -0.2) is 42.0 Å². The van der Waals surface area contributed by atoms with Gasteiger partial charge < -0.3 is 15.0 Å². The zero-order valence-corrected chi connectivity index (χ0v) is 17.7. The quantitative estimate of drug-likeness (QED) is 0.499. The summed E-state index contributed by atoms with van der Waals surface area (Å²) in [6.07, 6.45) is 1.80. The molecule has 1 aliphatic heterocycles. The van der Waals surface area contributed by atoms with E-state index in [0.717, 1.165) is 35.0 Å². The van der Waals surface area contributed by atoms with Crippen LogP contribution in [0.2, 0.25) is 0 Å². The highest BCUT2D eigenvalue weighted by molar-refractivity contribution is 7.13. The lowest BCUT2D eigenvalue weighted by Gasteiger charge is -2.30. The van der Waals surface area contributed by atoms with Gasteiger partial charge in [0.2, 0.25) is 0 Å². The van der Waals surface area contributed by atoms with Crippen LogP contribution < -0.4 is 10.2 Å². The molecule has 0 radical (unpaired) electrons. The van der Waals surface area contributed by atoms with Crippen LogP contribution in [-0.2, 0) is 4.74 Å². The molecule has 2 aromatic carbocycles. The first kappa shape index (κ1) is 19.5. The maximum Gasteiger partial charge on any atom is 0.259 e. The van der Waals surface area contributed by atoms with Crippen LogP contribution in [0.25, 0.3) is 16.3 Å². The summed E-state index contributed by atoms with van der Waals surface area (Å²) in [5.41, 5.74) is 3.93. The number of ether oxygens (including phenoxy) is 1. The molecule has 7 heteroatoms. The van der Waals surface area contributed by atoms with Gasteiger partial charge in [0.25, 0.3) is 5.91 Å². The summed E-state index contributed by atoms with van der Waals surface area (Å²) < 4.78 is 7.24. The van der Waals surface area contributed by atoms with Gasteiger partial charge in [0.15, 0.2) is 0 Å². The Hall–Kier alpha value is -3.42. The Kier molecular flexibility index (Phi) is 5.52. The topological polar surface area (TPSA) is 59.4 Å².